The number of hydrogen-bond acceptors (Lipinski definition) is 0. The summed E-state index contributed by atoms with van der Waals surface area (Å²) >= 11 is 12.1. The van der Waals surface area contributed by atoms with Crippen molar-refractivity contribution in [3.05, 3.63) is 0 Å². The minimum atomic E-state index is 0.395. The topological polar surface area (TPSA) is 0 Å². The number of rotatable bonds is 9. The fraction of sp³-hybridized carbons (Fsp3) is 1.00. The van der Waals surface area contributed by atoms with Gasteiger partial charge in [-0.1, -0.05) is 39.5 Å². The van der Waals surface area contributed by atoms with E-state index in [2.05, 4.69) is 13.8 Å². The molecule has 0 aliphatic carbocycles. The summed E-state index contributed by atoms with van der Waals surface area (Å²) in [6, 6.07) is 0. The Morgan fingerprint density at radius 2 is 1.07 bits per heavy atom. The van der Waals surface area contributed by atoms with Crippen LogP contribution in [0.15, 0.2) is 0 Å². The van der Waals surface area contributed by atoms with Gasteiger partial charge in [0.05, 0.1) is 0 Å². The van der Waals surface area contributed by atoms with Crippen molar-refractivity contribution in [1.82, 2.24) is 0 Å². The first-order chi connectivity index (χ1) is 6.70. The summed E-state index contributed by atoms with van der Waals surface area (Å²) in [6.45, 7) is 4.30. The molecule has 0 saturated carbocycles. The maximum absolute atomic E-state index is 6.03. The largest absolute Gasteiger partial charge is 0.123 e. The lowest BCUT2D eigenvalue weighted by Gasteiger charge is -2.07. The lowest BCUT2D eigenvalue weighted by atomic mass is 10.1. The number of halogens is 2. The predicted octanol–water partition coefficient (Wildman–Crippen LogP) is 5.36. The first-order valence-electron chi connectivity index (χ1n) is 5.98. The van der Waals surface area contributed by atoms with Gasteiger partial charge in [0.1, 0.15) is 0 Å². The van der Waals surface area contributed by atoms with Gasteiger partial charge in [0, 0.05) is 10.8 Å². The Bertz CT molecular complexity index is 101. The van der Waals surface area contributed by atoms with Crippen molar-refractivity contribution in [3.8, 4) is 0 Å². The van der Waals surface area contributed by atoms with Gasteiger partial charge in [-0.3, -0.25) is 0 Å². The maximum Gasteiger partial charge on any atom is 0.0333 e. The molecule has 2 heteroatoms. The molecule has 0 nitrogen and oxygen atoms in total. The van der Waals surface area contributed by atoms with Gasteiger partial charge in [-0.25, -0.2) is 0 Å². The SMILES string of the molecule is CCC(Cl)CCCCCCC(Cl)CC. The summed E-state index contributed by atoms with van der Waals surface area (Å²) < 4.78 is 0. The highest BCUT2D eigenvalue weighted by molar-refractivity contribution is 6.20. The molecule has 0 radical (unpaired) electrons. The third-order valence-electron chi connectivity index (χ3n) is 2.67. The molecule has 0 bridgehead atoms. The molecule has 0 fully saturated rings. The highest BCUT2D eigenvalue weighted by Gasteiger charge is 2.02. The summed E-state index contributed by atoms with van der Waals surface area (Å²) in [4.78, 5) is 0. The Labute approximate surface area is 99.4 Å². The van der Waals surface area contributed by atoms with Crippen molar-refractivity contribution < 1.29 is 0 Å². The molecule has 0 saturated heterocycles. The fourth-order valence-corrected chi connectivity index (χ4v) is 1.80. The molecule has 0 aromatic rings. The number of unbranched alkanes of at least 4 members (excludes halogenated alkanes) is 3. The van der Waals surface area contributed by atoms with E-state index < -0.39 is 0 Å². The van der Waals surface area contributed by atoms with Crippen LogP contribution in [0.5, 0.6) is 0 Å². The monoisotopic (exact) mass is 238 g/mol. The quantitative estimate of drug-likeness (QED) is 0.375. The van der Waals surface area contributed by atoms with Crippen molar-refractivity contribution in [2.45, 2.75) is 76.0 Å². The molecule has 0 aliphatic rings. The molecule has 0 aromatic heterocycles. The van der Waals surface area contributed by atoms with E-state index in [0.29, 0.717) is 10.8 Å². The molecule has 0 heterocycles. The number of hydrogen-bond donors (Lipinski definition) is 0. The van der Waals surface area contributed by atoms with Gasteiger partial charge in [-0.05, 0) is 25.7 Å². The average Bonchev–Trinajstić information content (AvgIpc) is 2.22. The summed E-state index contributed by atoms with van der Waals surface area (Å²) in [5.74, 6) is 0. The molecule has 0 aromatic carbocycles. The van der Waals surface area contributed by atoms with Gasteiger partial charge >= 0.3 is 0 Å². The molecule has 0 N–H and O–H groups in total. The van der Waals surface area contributed by atoms with Gasteiger partial charge in [-0.15, -0.1) is 23.2 Å². The Kier molecular flexibility index (Phi) is 10.5. The predicted molar refractivity (Wildman–Crippen MR) is 67.6 cm³/mol. The molecule has 0 rings (SSSR count). The van der Waals surface area contributed by atoms with Gasteiger partial charge in [0.25, 0.3) is 0 Å². The molecule has 2 unspecified atom stereocenters. The van der Waals surface area contributed by atoms with E-state index in [9.17, 15) is 0 Å². The van der Waals surface area contributed by atoms with Crippen molar-refractivity contribution in [2.75, 3.05) is 0 Å². The zero-order valence-electron chi connectivity index (χ0n) is 9.57. The minimum Gasteiger partial charge on any atom is -0.123 e. The maximum atomic E-state index is 6.03. The minimum absolute atomic E-state index is 0.395. The Hall–Kier alpha value is 0.580. The molecule has 2 atom stereocenters. The van der Waals surface area contributed by atoms with Crippen LogP contribution in [-0.2, 0) is 0 Å². The van der Waals surface area contributed by atoms with E-state index in [1.54, 1.807) is 0 Å². The molecular formula is C12H24Cl2. The van der Waals surface area contributed by atoms with Crippen LogP contribution in [0.3, 0.4) is 0 Å². The lowest BCUT2D eigenvalue weighted by Crippen LogP contribution is -1.97. The van der Waals surface area contributed by atoms with Crippen LogP contribution in [0.2, 0.25) is 0 Å². The zero-order chi connectivity index (χ0) is 10.8. The van der Waals surface area contributed by atoms with E-state index in [0.717, 1.165) is 12.8 Å². The molecule has 14 heavy (non-hydrogen) atoms. The molecule has 86 valence electrons. The third-order valence-corrected chi connectivity index (χ3v) is 3.72. The second-order valence-electron chi connectivity index (χ2n) is 4.00. The van der Waals surface area contributed by atoms with Crippen LogP contribution in [-0.4, -0.2) is 10.8 Å². The van der Waals surface area contributed by atoms with Gasteiger partial charge in [0.2, 0.25) is 0 Å². The van der Waals surface area contributed by atoms with Crippen LogP contribution >= 0.6 is 23.2 Å². The van der Waals surface area contributed by atoms with E-state index in [4.69, 9.17) is 23.2 Å². The number of alkyl halides is 2. The van der Waals surface area contributed by atoms with Crippen LogP contribution in [0.25, 0.3) is 0 Å². The van der Waals surface area contributed by atoms with Crippen molar-refractivity contribution >= 4 is 23.2 Å². The molecule has 0 aliphatic heterocycles. The summed E-state index contributed by atoms with van der Waals surface area (Å²) in [6.07, 6.45) is 9.74. The first-order valence-corrected chi connectivity index (χ1v) is 6.86. The highest BCUT2D eigenvalue weighted by atomic mass is 35.5. The summed E-state index contributed by atoms with van der Waals surface area (Å²) in [7, 11) is 0. The fourth-order valence-electron chi connectivity index (χ4n) is 1.49. The summed E-state index contributed by atoms with van der Waals surface area (Å²) in [5, 5.41) is 0.790. The molecular weight excluding hydrogens is 215 g/mol. The van der Waals surface area contributed by atoms with Crippen molar-refractivity contribution in [2.24, 2.45) is 0 Å². The second kappa shape index (κ2) is 10.1. The Balaban J connectivity index is 3.06. The van der Waals surface area contributed by atoms with Gasteiger partial charge in [0.15, 0.2) is 0 Å². The lowest BCUT2D eigenvalue weighted by molar-refractivity contribution is 0.567. The van der Waals surface area contributed by atoms with Crippen molar-refractivity contribution in [3.63, 3.8) is 0 Å². The van der Waals surface area contributed by atoms with E-state index in [-0.39, 0.29) is 0 Å². The zero-order valence-corrected chi connectivity index (χ0v) is 11.1. The van der Waals surface area contributed by atoms with Gasteiger partial charge in [-0.2, -0.15) is 0 Å². The van der Waals surface area contributed by atoms with E-state index >= 15 is 0 Å². The van der Waals surface area contributed by atoms with E-state index in [1.165, 1.54) is 38.5 Å². The average molecular weight is 239 g/mol. The van der Waals surface area contributed by atoms with Crippen LogP contribution in [0.4, 0.5) is 0 Å². The summed E-state index contributed by atoms with van der Waals surface area (Å²) in [5.41, 5.74) is 0. The van der Waals surface area contributed by atoms with Crippen LogP contribution in [0.1, 0.15) is 65.2 Å². The van der Waals surface area contributed by atoms with Gasteiger partial charge < -0.3 is 0 Å². The molecule has 0 amide bonds. The highest BCUT2D eigenvalue weighted by Crippen LogP contribution is 2.15. The standard InChI is InChI=1S/C12H24Cl2/c1-3-11(13)9-7-5-6-8-10-12(14)4-2/h11-12H,3-10H2,1-2H3. The second-order valence-corrected chi connectivity index (χ2v) is 5.24. The normalized spacial score (nSPS) is 15.4. The van der Waals surface area contributed by atoms with E-state index in [1.807, 2.05) is 0 Å². The Morgan fingerprint density at radius 3 is 1.36 bits per heavy atom. The van der Waals surface area contributed by atoms with Crippen molar-refractivity contribution in [1.29, 1.82) is 0 Å². The first kappa shape index (κ1) is 14.6. The Morgan fingerprint density at radius 1 is 0.714 bits per heavy atom. The smallest absolute Gasteiger partial charge is 0.0333 e. The van der Waals surface area contributed by atoms with Crippen LogP contribution < -0.4 is 0 Å². The third kappa shape index (κ3) is 9.15. The van der Waals surface area contributed by atoms with Crippen LogP contribution in [0, 0.1) is 0 Å². The molecule has 0 spiro atoms.